The predicted molar refractivity (Wildman–Crippen MR) is 129 cm³/mol. The van der Waals surface area contributed by atoms with Gasteiger partial charge in [0.1, 0.15) is 5.78 Å². The minimum absolute atomic E-state index is 0.0890. The number of hydrogen-bond acceptors (Lipinski definition) is 6. The maximum absolute atomic E-state index is 12.1. The normalized spacial score (nSPS) is 10.5. The number of carbonyl (C=O) groups excluding carboxylic acids is 4. The van der Waals surface area contributed by atoms with E-state index in [1.165, 1.54) is 30.5 Å². The Morgan fingerprint density at radius 3 is 2.06 bits per heavy atom. The van der Waals surface area contributed by atoms with Gasteiger partial charge in [-0.05, 0) is 67.5 Å². The number of hydrogen-bond donors (Lipinski definition) is 1. The van der Waals surface area contributed by atoms with E-state index in [4.69, 9.17) is 9.47 Å². The van der Waals surface area contributed by atoms with Crippen molar-refractivity contribution < 1.29 is 28.7 Å². The third kappa shape index (κ3) is 9.57. The second-order valence-electron chi connectivity index (χ2n) is 8.38. The molecule has 0 unspecified atom stereocenters. The number of aryl methyl sites for hydroxylation is 3. The Kier molecular flexibility index (Phi) is 10.5. The fourth-order valence-corrected chi connectivity index (χ4v) is 3.44. The highest BCUT2D eigenvalue weighted by Crippen LogP contribution is 2.29. The van der Waals surface area contributed by atoms with Gasteiger partial charge >= 0.3 is 11.9 Å². The van der Waals surface area contributed by atoms with Crippen LogP contribution in [0.25, 0.3) is 0 Å². The molecule has 0 aromatic heterocycles. The highest BCUT2D eigenvalue weighted by molar-refractivity contribution is 5.84. The van der Waals surface area contributed by atoms with E-state index in [1.807, 2.05) is 0 Å². The van der Waals surface area contributed by atoms with Crippen LogP contribution in [0.3, 0.4) is 0 Å². The Labute approximate surface area is 200 Å². The van der Waals surface area contributed by atoms with Gasteiger partial charge in [-0.1, -0.05) is 24.3 Å². The van der Waals surface area contributed by atoms with Crippen LogP contribution in [0.15, 0.2) is 36.4 Å². The van der Waals surface area contributed by atoms with Gasteiger partial charge in [0.25, 0.3) is 0 Å². The van der Waals surface area contributed by atoms with Gasteiger partial charge in [-0.25, -0.2) is 0 Å². The van der Waals surface area contributed by atoms with Crippen LogP contribution in [0.4, 0.5) is 0 Å². The van der Waals surface area contributed by atoms with Crippen LogP contribution < -0.4 is 14.8 Å². The average molecular weight is 468 g/mol. The summed E-state index contributed by atoms with van der Waals surface area (Å²) in [7, 11) is 0. The first kappa shape index (κ1) is 26.8. The molecular formula is C27H33NO6. The lowest BCUT2D eigenvalue weighted by atomic mass is 10.0. The number of amides is 1. The fraction of sp³-hybridized carbons (Fsp3) is 0.407. The van der Waals surface area contributed by atoms with Gasteiger partial charge in [-0.3, -0.25) is 19.2 Å². The standard InChI is InChI=1S/C27H33NO6/c1-18-8-9-22(16-19(18)2)6-5-7-24(31)11-13-27(32)28-15-14-23-10-12-25(33-20(3)29)26(17-23)34-21(4)30/h8-10,12,16-17H,5-7,11,13-15H2,1-4H3,(H,28,32). The molecule has 2 aromatic carbocycles. The Morgan fingerprint density at radius 1 is 0.735 bits per heavy atom. The van der Waals surface area contributed by atoms with Crippen LogP contribution in [-0.4, -0.2) is 30.2 Å². The minimum Gasteiger partial charge on any atom is -0.423 e. The SMILES string of the molecule is CC(=O)Oc1ccc(CCNC(=O)CCC(=O)CCCc2ccc(C)c(C)c2)cc1OC(C)=O. The van der Waals surface area contributed by atoms with Crippen molar-refractivity contribution in [3.05, 3.63) is 58.7 Å². The van der Waals surface area contributed by atoms with E-state index in [1.54, 1.807) is 18.2 Å². The van der Waals surface area contributed by atoms with Crippen LogP contribution in [-0.2, 0) is 32.0 Å². The molecule has 0 atom stereocenters. The van der Waals surface area contributed by atoms with Crippen molar-refractivity contribution in [2.45, 2.75) is 66.2 Å². The monoisotopic (exact) mass is 467 g/mol. The first-order valence-corrected chi connectivity index (χ1v) is 11.5. The second kappa shape index (κ2) is 13.3. The summed E-state index contributed by atoms with van der Waals surface area (Å²) in [5, 5.41) is 2.80. The summed E-state index contributed by atoms with van der Waals surface area (Å²) in [5.74, 6) is -0.833. The van der Waals surface area contributed by atoms with E-state index in [9.17, 15) is 19.2 Å². The molecule has 0 fully saturated rings. The van der Waals surface area contributed by atoms with Crippen LogP contribution >= 0.6 is 0 Å². The summed E-state index contributed by atoms with van der Waals surface area (Å²) in [6.07, 6.45) is 2.97. The van der Waals surface area contributed by atoms with Gasteiger partial charge in [0.15, 0.2) is 11.5 Å². The third-order valence-electron chi connectivity index (χ3n) is 5.37. The largest absolute Gasteiger partial charge is 0.423 e. The first-order valence-electron chi connectivity index (χ1n) is 11.5. The average Bonchev–Trinajstić information content (AvgIpc) is 2.76. The van der Waals surface area contributed by atoms with E-state index in [-0.39, 0.29) is 36.0 Å². The van der Waals surface area contributed by atoms with Gasteiger partial charge in [-0.15, -0.1) is 0 Å². The number of ether oxygens (including phenoxy) is 2. The molecule has 7 heteroatoms. The number of benzene rings is 2. The lowest BCUT2D eigenvalue weighted by Gasteiger charge is -2.11. The number of Topliss-reactive ketones (excluding diaryl/α,β-unsaturated/α-hetero) is 1. The molecule has 0 radical (unpaired) electrons. The van der Waals surface area contributed by atoms with Gasteiger partial charge in [-0.2, -0.15) is 0 Å². The van der Waals surface area contributed by atoms with Gasteiger partial charge in [0.2, 0.25) is 5.91 Å². The molecule has 0 aliphatic carbocycles. The number of nitrogens with one attached hydrogen (secondary N) is 1. The fourth-order valence-electron chi connectivity index (χ4n) is 3.44. The molecule has 182 valence electrons. The lowest BCUT2D eigenvalue weighted by Crippen LogP contribution is -2.26. The predicted octanol–water partition coefficient (Wildman–Crippen LogP) is 4.18. The highest BCUT2D eigenvalue weighted by atomic mass is 16.6. The zero-order chi connectivity index (χ0) is 25.1. The van der Waals surface area contributed by atoms with E-state index < -0.39 is 11.9 Å². The Balaban J connectivity index is 1.71. The van der Waals surface area contributed by atoms with Crippen molar-refractivity contribution in [2.75, 3.05) is 6.54 Å². The second-order valence-corrected chi connectivity index (χ2v) is 8.38. The summed E-state index contributed by atoms with van der Waals surface area (Å²) in [4.78, 5) is 46.7. The molecule has 2 rings (SSSR count). The summed E-state index contributed by atoms with van der Waals surface area (Å²) in [6, 6.07) is 11.2. The molecule has 0 heterocycles. The van der Waals surface area contributed by atoms with Crippen LogP contribution in [0.1, 0.15) is 61.8 Å². The summed E-state index contributed by atoms with van der Waals surface area (Å²) in [6.45, 7) is 7.05. The zero-order valence-electron chi connectivity index (χ0n) is 20.4. The quantitative estimate of drug-likeness (QED) is 0.371. The van der Waals surface area contributed by atoms with Crippen LogP contribution in [0.5, 0.6) is 11.5 Å². The molecule has 1 N–H and O–H groups in total. The molecule has 7 nitrogen and oxygen atoms in total. The van der Waals surface area contributed by atoms with Crippen molar-refractivity contribution in [1.29, 1.82) is 0 Å². The third-order valence-corrected chi connectivity index (χ3v) is 5.37. The van der Waals surface area contributed by atoms with E-state index >= 15 is 0 Å². The molecule has 34 heavy (non-hydrogen) atoms. The van der Waals surface area contributed by atoms with Gasteiger partial charge in [0, 0.05) is 39.7 Å². The Bertz CT molecular complexity index is 1040. The molecule has 0 aliphatic heterocycles. The van der Waals surface area contributed by atoms with Crippen LogP contribution in [0.2, 0.25) is 0 Å². The number of esters is 2. The summed E-state index contributed by atoms with van der Waals surface area (Å²) >= 11 is 0. The minimum atomic E-state index is -0.530. The number of carbonyl (C=O) groups is 4. The maximum Gasteiger partial charge on any atom is 0.308 e. The van der Waals surface area contributed by atoms with Crippen LogP contribution in [0, 0.1) is 13.8 Å². The zero-order valence-corrected chi connectivity index (χ0v) is 20.4. The van der Waals surface area contributed by atoms with E-state index in [2.05, 4.69) is 37.4 Å². The molecule has 0 aliphatic rings. The maximum atomic E-state index is 12.1. The smallest absolute Gasteiger partial charge is 0.308 e. The highest BCUT2D eigenvalue weighted by Gasteiger charge is 2.12. The summed E-state index contributed by atoms with van der Waals surface area (Å²) < 4.78 is 10.2. The number of rotatable bonds is 12. The summed E-state index contributed by atoms with van der Waals surface area (Å²) in [5.41, 5.74) is 4.54. The van der Waals surface area contributed by atoms with Crippen molar-refractivity contribution in [1.82, 2.24) is 5.32 Å². The van der Waals surface area contributed by atoms with Crippen molar-refractivity contribution in [2.24, 2.45) is 0 Å². The van der Waals surface area contributed by atoms with Gasteiger partial charge in [0.05, 0.1) is 0 Å². The molecule has 0 spiro atoms. The molecule has 0 saturated heterocycles. The molecular weight excluding hydrogens is 434 g/mol. The molecule has 0 bridgehead atoms. The molecule has 0 saturated carbocycles. The Morgan fingerprint density at radius 2 is 1.38 bits per heavy atom. The van der Waals surface area contributed by atoms with Crippen molar-refractivity contribution in [3.63, 3.8) is 0 Å². The topological polar surface area (TPSA) is 98.8 Å². The lowest BCUT2D eigenvalue weighted by molar-refractivity contribution is -0.134. The van der Waals surface area contributed by atoms with Gasteiger partial charge < -0.3 is 14.8 Å². The van der Waals surface area contributed by atoms with E-state index in [0.717, 1.165) is 18.4 Å². The molecule has 1 amide bonds. The first-order chi connectivity index (χ1) is 16.1. The molecule has 2 aromatic rings. The number of ketones is 1. The van der Waals surface area contributed by atoms with Crippen molar-refractivity contribution in [3.8, 4) is 11.5 Å². The van der Waals surface area contributed by atoms with E-state index in [0.29, 0.717) is 19.4 Å². The van der Waals surface area contributed by atoms with Crippen molar-refractivity contribution >= 4 is 23.6 Å². The Hall–Kier alpha value is -3.48.